The van der Waals surface area contributed by atoms with E-state index in [9.17, 15) is 9.59 Å². The van der Waals surface area contributed by atoms with E-state index in [0.29, 0.717) is 15.8 Å². The average molecular weight is 389 g/mol. The van der Waals surface area contributed by atoms with Gasteiger partial charge in [-0.3, -0.25) is 4.79 Å². The van der Waals surface area contributed by atoms with Gasteiger partial charge in [-0.25, -0.2) is 4.79 Å². The zero-order valence-electron chi connectivity index (χ0n) is 15.5. The van der Waals surface area contributed by atoms with Gasteiger partial charge in [0, 0.05) is 5.39 Å². The van der Waals surface area contributed by atoms with Crippen molar-refractivity contribution in [2.24, 2.45) is 0 Å². The largest absolute Gasteiger partial charge is 0.422 e. The summed E-state index contributed by atoms with van der Waals surface area (Å²) in [7, 11) is 0. The molecule has 0 saturated carbocycles. The van der Waals surface area contributed by atoms with Crippen molar-refractivity contribution in [1.29, 1.82) is 0 Å². The van der Waals surface area contributed by atoms with E-state index in [4.69, 9.17) is 4.42 Å². The molecule has 28 heavy (non-hydrogen) atoms. The summed E-state index contributed by atoms with van der Waals surface area (Å²) in [6.45, 7) is 2.00. The van der Waals surface area contributed by atoms with Gasteiger partial charge in [-0.1, -0.05) is 35.9 Å². The smallest absolute Gasteiger partial charge is 0.345 e. The fourth-order valence-electron chi connectivity index (χ4n) is 4.05. The highest BCUT2D eigenvalue weighted by atomic mass is 32.1. The molecule has 0 saturated heterocycles. The molecule has 4 aromatic rings. The van der Waals surface area contributed by atoms with E-state index >= 15 is 0 Å². The highest BCUT2D eigenvalue weighted by molar-refractivity contribution is 7.21. The van der Waals surface area contributed by atoms with Crippen molar-refractivity contribution >= 4 is 38.3 Å². The second-order valence-electron chi connectivity index (χ2n) is 7.36. The van der Waals surface area contributed by atoms with Crippen LogP contribution in [-0.4, -0.2) is 5.91 Å². The Morgan fingerprint density at radius 2 is 2.00 bits per heavy atom. The van der Waals surface area contributed by atoms with Crippen LogP contribution in [0, 0.1) is 6.92 Å². The van der Waals surface area contributed by atoms with E-state index in [2.05, 4.69) is 17.4 Å². The number of benzene rings is 2. The topological polar surface area (TPSA) is 59.3 Å². The molecule has 1 N–H and O–H groups in total. The van der Waals surface area contributed by atoms with Gasteiger partial charge in [0.25, 0.3) is 5.91 Å². The number of aryl methyl sites for hydroxylation is 2. The van der Waals surface area contributed by atoms with Crippen LogP contribution in [0.2, 0.25) is 0 Å². The molecular weight excluding hydrogens is 370 g/mol. The summed E-state index contributed by atoms with van der Waals surface area (Å²) in [6, 6.07) is 15.7. The molecule has 1 aliphatic rings. The third-order valence-electron chi connectivity index (χ3n) is 5.43. The second-order valence-corrected chi connectivity index (χ2v) is 8.41. The molecule has 2 aromatic heterocycles. The van der Waals surface area contributed by atoms with Crippen molar-refractivity contribution in [1.82, 2.24) is 5.32 Å². The maximum atomic E-state index is 13.0. The highest BCUT2D eigenvalue weighted by Gasteiger charge is 2.23. The lowest BCUT2D eigenvalue weighted by Gasteiger charge is -2.26. The third-order valence-corrected chi connectivity index (χ3v) is 6.60. The number of carbonyl (C=O) groups is 1. The second kappa shape index (κ2) is 6.60. The molecule has 1 aliphatic carbocycles. The summed E-state index contributed by atoms with van der Waals surface area (Å²) in [5.74, 6) is -0.136. The van der Waals surface area contributed by atoms with Crippen LogP contribution in [-0.2, 0) is 6.42 Å². The zero-order valence-corrected chi connectivity index (χ0v) is 16.3. The molecule has 0 aliphatic heterocycles. The van der Waals surface area contributed by atoms with Crippen LogP contribution in [0.25, 0.3) is 21.1 Å². The van der Waals surface area contributed by atoms with Crippen LogP contribution in [0.5, 0.6) is 0 Å². The Hall–Kier alpha value is -2.92. The first-order valence-corrected chi connectivity index (χ1v) is 10.3. The minimum atomic E-state index is -0.398. The standard InChI is InChI=1S/C23H19NO3S/c1-13-9-10-19-16(11-13)21-17(23(26)27-19)12-20(28-21)22(25)24-18-8-4-6-14-5-2-3-7-15(14)18/h2-3,5,7,9-12,18H,4,6,8H2,1H3,(H,24,25)/t18-/m0/s1. The van der Waals surface area contributed by atoms with E-state index in [0.717, 1.165) is 34.9 Å². The molecule has 2 heterocycles. The summed E-state index contributed by atoms with van der Waals surface area (Å²) in [4.78, 5) is 25.9. The maximum absolute atomic E-state index is 13.0. The van der Waals surface area contributed by atoms with Crippen LogP contribution < -0.4 is 10.9 Å². The predicted molar refractivity (Wildman–Crippen MR) is 112 cm³/mol. The van der Waals surface area contributed by atoms with Gasteiger partial charge in [0.1, 0.15) is 5.58 Å². The number of rotatable bonds is 2. The number of nitrogens with one attached hydrogen (secondary N) is 1. The molecule has 140 valence electrons. The first-order valence-electron chi connectivity index (χ1n) is 9.46. The Labute approximate surface area is 165 Å². The quantitative estimate of drug-likeness (QED) is 0.484. The first-order chi connectivity index (χ1) is 13.6. The Balaban J connectivity index is 1.54. The Kier molecular flexibility index (Phi) is 4.05. The van der Waals surface area contributed by atoms with Gasteiger partial charge in [0.05, 0.1) is 21.0 Å². The lowest BCUT2D eigenvalue weighted by atomic mass is 9.88. The molecule has 5 heteroatoms. The van der Waals surface area contributed by atoms with Gasteiger partial charge in [-0.15, -0.1) is 11.3 Å². The monoisotopic (exact) mass is 389 g/mol. The van der Waals surface area contributed by atoms with E-state index in [1.807, 2.05) is 37.3 Å². The summed E-state index contributed by atoms with van der Waals surface area (Å²) in [6.07, 6.45) is 3.04. The fraction of sp³-hybridized carbons (Fsp3) is 0.217. The molecule has 0 spiro atoms. The summed E-state index contributed by atoms with van der Waals surface area (Å²) in [5.41, 5.74) is 3.74. The number of hydrogen-bond donors (Lipinski definition) is 1. The van der Waals surface area contributed by atoms with Crippen molar-refractivity contribution in [2.45, 2.75) is 32.2 Å². The highest BCUT2D eigenvalue weighted by Crippen LogP contribution is 2.33. The molecule has 0 bridgehead atoms. The zero-order chi connectivity index (χ0) is 19.3. The fourth-order valence-corrected chi connectivity index (χ4v) is 5.12. The maximum Gasteiger partial charge on any atom is 0.345 e. The predicted octanol–water partition coefficient (Wildman–Crippen LogP) is 5.12. The van der Waals surface area contributed by atoms with Gasteiger partial charge < -0.3 is 9.73 Å². The van der Waals surface area contributed by atoms with Crippen LogP contribution in [0.15, 0.2) is 57.7 Å². The molecule has 0 unspecified atom stereocenters. The Morgan fingerprint density at radius 1 is 1.14 bits per heavy atom. The minimum absolute atomic E-state index is 0.0121. The van der Waals surface area contributed by atoms with Crippen LogP contribution in [0.4, 0.5) is 0 Å². The van der Waals surface area contributed by atoms with E-state index in [1.54, 1.807) is 6.07 Å². The lowest BCUT2D eigenvalue weighted by Crippen LogP contribution is -2.30. The number of amides is 1. The molecule has 1 amide bonds. The molecule has 1 atom stereocenters. The molecule has 0 radical (unpaired) electrons. The molecular formula is C23H19NO3S. The van der Waals surface area contributed by atoms with Crippen molar-refractivity contribution in [3.63, 3.8) is 0 Å². The average Bonchev–Trinajstić information content (AvgIpc) is 3.16. The summed E-state index contributed by atoms with van der Waals surface area (Å²) < 4.78 is 6.25. The van der Waals surface area contributed by atoms with Gasteiger partial charge in [-0.2, -0.15) is 0 Å². The Bertz CT molecular complexity index is 1280. The molecule has 4 nitrogen and oxygen atoms in total. The number of carbonyl (C=O) groups excluding carboxylic acids is 1. The van der Waals surface area contributed by atoms with Crippen LogP contribution >= 0.6 is 11.3 Å². The van der Waals surface area contributed by atoms with Crippen molar-refractivity contribution < 1.29 is 9.21 Å². The van der Waals surface area contributed by atoms with Gasteiger partial charge >= 0.3 is 5.63 Å². The third kappa shape index (κ3) is 2.83. The van der Waals surface area contributed by atoms with E-state index < -0.39 is 5.63 Å². The molecule has 5 rings (SSSR count). The first kappa shape index (κ1) is 17.2. The normalized spacial score (nSPS) is 16.2. The number of thiophene rings is 1. The van der Waals surface area contributed by atoms with Crippen LogP contribution in [0.3, 0.4) is 0 Å². The van der Waals surface area contributed by atoms with Gasteiger partial charge in [-0.05, 0) is 55.5 Å². The number of hydrogen-bond acceptors (Lipinski definition) is 4. The molecule has 0 fully saturated rings. The van der Waals surface area contributed by atoms with E-state index in [-0.39, 0.29) is 11.9 Å². The summed E-state index contributed by atoms with van der Waals surface area (Å²) >= 11 is 1.36. The SMILES string of the molecule is Cc1ccc2oc(=O)c3cc(C(=O)N[C@H]4CCCc5ccccc54)sc3c2c1. The number of fused-ring (bicyclic) bond motifs is 4. The molecule has 2 aromatic carbocycles. The van der Waals surface area contributed by atoms with Crippen molar-refractivity contribution in [3.05, 3.63) is 80.5 Å². The van der Waals surface area contributed by atoms with Gasteiger partial charge in [0.2, 0.25) is 0 Å². The van der Waals surface area contributed by atoms with Crippen LogP contribution in [0.1, 0.15) is 45.2 Å². The van der Waals surface area contributed by atoms with Crippen molar-refractivity contribution in [2.75, 3.05) is 0 Å². The van der Waals surface area contributed by atoms with Gasteiger partial charge in [0.15, 0.2) is 0 Å². The minimum Gasteiger partial charge on any atom is -0.422 e. The summed E-state index contributed by atoms with van der Waals surface area (Å²) in [5, 5.41) is 4.52. The Morgan fingerprint density at radius 3 is 2.89 bits per heavy atom. The van der Waals surface area contributed by atoms with E-state index in [1.165, 1.54) is 22.5 Å². The lowest BCUT2D eigenvalue weighted by molar-refractivity contribution is 0.0937. The van der Waals surface area contributed by atoms with Crippen molar-refractivity contribution in [3.8, 4) is 0 Å².